The summed E-state index contributed by atoms with van der Waals surface area (Å²) < 4.78 is 13.4. The zero-order valence-electron chi connectivity index (χ0n) is 18.5. The fourth-order valence-corrected chi connectivity index (χ4v) is 3.53. The van der Waals surface area contributed by atoms with Crippen molar-refractivity contribution in [3.05, 3.63) is 54.1 Å². The summed E-state index contributed by atoms with van der Waals surface area (Å²) in [4.78, 5) is 8.79. The van der Waals surface area contributed by atoms with Gasteiger partial charge in [-0.05, 0) is 37.2 Å². The van der Waals surface area contributed by atoms with Crippen molar-refractivity contribution in [3.8, 4) is 0 Å². The lowest BCUT2D eigenvalue weighted by atomic mass is 10.0. The van der Waals surface area contributed by atoms with Gasteiger partial charge in [0.25, 0.3) is 0 Å². The number of halogens is 1. The summed E-state index contributed by atoms with van der Waals surface area (Å²) in [5, 5.41) is 6.70. The van der Waals surface area contributed by atoms with Gasteiger partial charge in [-0.15, -0.1) is 24.0 Å². The summed E-state index contributed by atoms with van der Waals surface area (Å²) >= 11 is 0. The largest absolute Gasteiger partial charge is 0.381 e. The minimum Gasteiger partial charge on any atom is -0.381 e. The second-order valence-corrected chi connectivity index (χ2v) is 7.61. The van der Waals surface area contributed by atoms with E-state index in [9.17, 15) is 0 Å². The summed E-state index contributed by atoms with van der Waals surface area (Å²) in [6.07, 6.45) is 8.08. The fourth-order valence-electron chi connectivity index (χ4n) is 3.53. The van der Waals surface area contributed by atoms with Crippen LogP contribution in [0.5, 0.6) is 0 Å². The quantitative estimate of drug-likeness (QED) is 0.198. The molecule has 31 heavy (non-hydrogen) atoms. The number of aromatic nitrogens is 2. The molecule has 0 spiro atoms. The Balaban J connectivity index is 0.00000341. The summed E-state index contributed by atoms with van der Waals surface area (Å²) in [7, 11) is 1.79. The molecular formula is C23H36IN5O2. The molecule has 1 aromatic carbocycles. The van der Waals surface area contributed by atoms with Gasteiger partial charge >= 0.3 is 0 Å². The summed E-state index contributed by atoms with van der Waals surface area (Å²) in [5.41, 5.74) is 1.33. The molecule has 1 saturated heterocycles. The SMILES string of the molecule is CN=C(NCCCOCC1CCOCC1)NCc1nccn1CCc1ccccc1.I. The smallest absolute Gasteiger partial charge is 0.191 e. The number of hydrogen-bond acceptors (Lipinski definition) is 4. The van der Waals surface area contributed by atoms with Crippen molar-refractivity contribution in [2.24, 2.45) is 10.9 Å². The predicted octanol–water partition coefficient (Wildman–Crippen LogP) is 3.24. The lowest BCUT2D eigenvalue weighted by Crippen LogP contribution is -2.38. The topological polar surface area (TPSA) is 72.7 Å². The molecule has 0 bridgehead atoms. The number of hydrogen-bond donors (Lipinski definition) is 2. The monoisotopic (exact) mass is 541 g/mol. The van der Waals surface area contributed by atoms with Crippen molar-refractivity contribution >= 4 is 29.9 Å². The van der Waals surface area contributed by atoms with Gasteiger partial charge in [0, 0.05) is 59.0 Å². The number of guanidine groups is 1. The maximum Gasteiger partial charge on any atom is 0.191 e. The molecule has 2 heterocycles. The summed E-state index contributed by atoms with van der Waals surface area (Å²) in [6.45, 7) is 5.76. The standard InChI is InChI=1S/C23H35N5O2.HI/c1-24-23(26-11-5-15-30-19-21-9-16-29-17-10-21)27-18-22-25-12-14-28(22)13-8-20-6-3-2-4-7-20;/h2-4,6-7,12,14,21H,5,8-11,13,15-19H2,1H3,(H2,24,26,27);1H. The molecule has 3 rings (SSSR count). The lowest BCUT2D eigenvalue weighted by molar-refractivity contribution is 0.0203. The number of nitrogens with one attached hydrogen (secondary N) is 2. The zero-order chi connectivity index (χ0) is 20.9. The first-order valence-electron chi connectivity index (χ1n) is 11.0. The molecule has 0 radical (unpaired) electrons. The van der Waals surface area contributed by atoms with Gasteiger partial charge in [0.2, 0.25) is 0 Å². The first-order chi connectivity index (χ1) is 14.8. The molecule has 7 nitrogen and oxygen atoms in total. The highest BCUT2D eigenvalue weighted by molar-refractivity contribution is 14.0. The van der Waals surface area contributed by atoms with Crippen LogP contribution in [-0.2, 0) is 29.0 Å². The average molecular weight is 541 g/mol. The fraction of sp³-hybridized carbons (Fsp3) is 0.565. The zero-order valence-corrected chi connectivity index (χ0v) is 20.8. The van der Waals surface area contributed by atoms with E-state index in [0.717, 1.165) is 77.0 Å². The van der Waals surface area contributed by atoms with Crippen LogP contribution >= 0.6 is 24.0 Å². The van der Waals surface area contributed by atoms with Crippen LogP contribution in [0, 0.1) is 5.92 Å². The van der Waals surface area contributed by atoms with E-state index in [1.165, 1.54) is 5.56 Å². The van der Waals surface area contributed by atoms with Crippen molar-refractivity contribution in [2.45, 2.75) is 38.8 Å². The average Bonchev–Trinajstić information content (AvgIpc) is 3.25. The van der Waals surface area contributed by atoms with Crippen LogP contribution in [0.4, 0.5) is 0 Å². The van der Waals surface area contributed by atoms with E-state index in [2.05, 4.69) is 49.4 Å². The number of aryl methyl sites for hydroxylation is 2. The molecule has 0 aliphatic carbocycles. The van der Waals surface area contributed by atoms with Crippen molar-refractivity contribution in [3.63, 3.8) is 0 Å². The minimum absolute atomic E-state index is 0. The third-order valence-electron chi connectivity index (χ3n) is 5.38. The highest BCUT2D eigenvalue weighted by Gasteiger charge is 2.13. The van der Waals surface area contributed by atoms with Gasteiger partial charge < -0.3 is 24.7 Å². The summed E-state index contributed by atoms with van der Waals surface area (Å²) in [6, 6.07) is 10.5. The molecule has 0 amide bonds. The van der Waals surface area contributed by atoms with Gasteiger partial charge in [0.1, 0.15) is 5.82 Å². The van der Waals surface area contributed by atoms with Crippen molar-refractivity contribution in [2.75, 3.05) is 40.0 Å². The second-order valence-electron chi connectivity index (χ2n) is 7.61. The van der Waals surface area contributed by atoms with E-state index in [-0.39, 0.29) is 24.0 Å². The van der Waals surface area contributed by atoms with Gasteiger partial charge in [-0.25, -0.2) is 4.98 Å². The Hall–Kier alpha value is -1.65. The first-order valence-corrected chi connectivity index (χ1v) is 11.0. The second kappa shape index (κ2) is 15.2. The maximum absolute atomic E-state index is 5.82. The number of nitrogens with zero attached hydrogens (tertiary/aromatic N) is 3. The van der Waals surface area contributed by atoms with Gasteiger partial charge in [0.15, 0.2) is 5.96 Å². The van der Waals surface area contributed by atoms with Gasteiger partial charge in [0.05, 0.1) is 6.54 Å². The Morgan fingerprint density at radius 1 is 1.23 bits per heavy atom. The van der Waals surface area contributed by atoms with Crippen LogP contribution in [0.2, 0.25) is 0 Å². The van der Waals surface area contributed by atoms with Gasteiger partial charge in [-0.1, -0.05) is 30.3 Å². The van der Waals surface area contributed by atoms with Crippen molar-refractivity contribution in [1.82, 2.24) is 20.2 Å². The number of aliphatic imine (C=N–C) groups is 1. The molecule has 1 aromatic heterocycles. The van der Waals surface area contributed by atoms with Crippen LogP contribution in [-0.4, -0.2) is 55.5 Å². The molecule has 0 atom stereocenters. The minimum atomic E-state index is 0. The van der Waals surface area contributed by atoms with Crippen molar-refractivity contribution < 1.29 is 9.47 Å². The molecule has 8 heteroatoms. The van der Waals surface area contributed by atoms with E-state index >= 15 is 0 Å². The molecule has 1 aliphatic rings. The Kier molecular flexibility index (Phi) is 12.6. The normalized spacial score (nSPS) is 14.8. The molecule has 1 fully saturated rings. The number of rotatable bonds is 11. The molecule has 2 N–H and O–H groups in total. The highest BCUT2D eigenvalue weighted by Crippen LogP contribution is 2.14. The van der Waals surface area contributed by atoms with E-state index in [0.29, 0.717) is 12.5 Å². The lowest BCUT2D eigenvalue weighted by Gasteiger charge is -2.21. The first kappa shape index (κ1) is 25.6. The van der Waals surface area contributed by atoms with Gasteiger partial charge in [-0.2, -0.15) is 0 Å². The van der Waals surface area contributed by atoms with Crippen LogP contribution in [0.3, 0.4) is 0 Å². The van der Waals surface area contributed by atoms with Crippen molar-refractivity contribution in [1.29, 1.82) is 0 Å². The molecule has 0 saturated carbocycles. The number of benzene rings is 1. The third kappa shape index (κ3) is 9.57. The number of imidazole rings is 1. The van der Waals surface area contributed by atoms with Gasteiger partial charge in [-0.3, -0.25) is 4.99 Å². The maximum atomic E-state index is 5.82. The molecular weight excluding hydrogens is 505 g/mol. The van der Waals surface area contributed by atoms with Crippen LogP contribution < -0.4 is 10.6 Å². The van der Waals surface area contributed by atoms with Crippen LogP contribution in [0.25, 0.3) is 0 Å². The Labute approximate surface area is 203 Å². The molecule has 172 valence electrons. The highest BCUT2D eigenvalue weighted by atomic mass is 127. The van der Waals surface area contributed by atoms with E-state index in [4.69, 9.17) is 9.47 Å². The van der Waals surface area contributed by atoms with E-state index in [1.54, 1.807) is 7.05 Å². The third-order valence-corrected chi connectivity index (χ3v) is 5.38. The van der Waals surface area contributed by atoms with Crippen LogP contribution in [0.1, 0.15) is 30.7 Å². The molecule has 2 aromatic rings. The molecule has 1 aliphatic heterocycles. The molecule has 0 unspecified atom stereocenters. The Morgan fingerprint density at radius 3 is 2.81 bits per heavy atom. The van der Waals surface area contributed by atoms with E-state index in [1.807, 2.05) is 18.5 Å². The Morgan fingerprint density at radius 2 is 2.03 bits per heavy atom. The number of ether oxygens (including phenoxy) is 2. The van der Waals surface area contributed by atoms with Crippen LogP contribution in [0.15, 0.2) is 47.7 Å². The predicted molar refractivity (Wildman–Crippen MR) is 135 cm³/mol. The Bertz CT molecular complexity index is 747. The summed E-state index contributed by atoms with van der Waals surface area (Å²) in [5.74, 6) is 2.46. The van der Waals surface area contributed by atoms with E-state index < -0.39 is 0 Å².